The van der Waals surface area contributed by atoms with Crippen molar-refractivity contribution in [3.05, 3.63) is 0 Å². The maximum absolute atomic E-state index is 9.87. The molecule has 1 saturated carbocycles. The van der Waals surface area contributed by atoms with E-state index in [9.17, 15) is 5.11 Å². The van der Waals surface area contributed by atoms with Crippen molar-refractivity contribution in [2.24, 2.45) is 5.92 Å². The molecule has 1 fully saturated rings. The predicted octanol–water partition coefficient (Wildman–Crippen LogP) is 2.74. The molecule has 0 radical (unpaired) electrons. The van der Waals surface area contributed by atoms with E-state index in [1.54, 1.807) is 7.11 Å². The molecule has 14 heavy (non-hydrogen) atoms. The fourth-order valence-electron chi connectivity index (χ4n) is 2.35. The molecule has 1 rings (SSSR count). The van der Waals surface area contributed by atoms with Crippen LogP contribution in [0.4, 0.5) is 0 Å². The van der Waals surface area contributed by atoms with Crippen molar-refractivity contribution in [2.45, 2.75) is 57.5 Å². The molecule has 0 spiro atoms. The maximum atomic E-state index is 9.87. The zero-order valence-corrected chi connectivity index (χ0v) is 9.37. The third kappa shape index (κ3) is 4.43. The third-order valence-electron chi connectivity index (χ3n) is 3.29. The van der Waals surface area contributed by atoms with Crippen molar-refractivity contribution in [2.75, 3.05) is 13.7 Å². The number of ether oxygens (including phenoxy) is 1. The van der Waals surface area contributed by atoms with Gasteiger partial charge in [-0.25, -0.2) is 0 Å². The lowest BCUT2D eigenvalue weighted by Crippen LogP contribution is -2.18. The Morgan fingerprint density at radius 3 is 2.71 bits per heavy atom. The van der Waals surface area contributed by atoms with Gasteiger partial charge in [-0.05, 0) is 31.6 Å². The summed E-state index contributed by atoms with van der Waals surface area (Å²) in [7, 11) is 1.75. The highest BCUT2D eigenvalue weighted by Crippen LogP contribution is 2.27. The van der Waals surface area contributed by atoms with Gasteiger partial charge in [-0.1, -0.05) is 25.7 Å². The van der Waals surface area contributed by atoms with Gasteiger partial charge in [0.25, 0.3) is 0 Å². The van der Waals surface area contributed by atoms with E-state index in [1.807, 2.05) is 0 Å². The molecule has 1 aliphatic rings. The number of unbranched alkanes of at least 4 members (excludes halogenated alkanes) is 1. The first-order valence-electron chi connectivity index (χ1n) is 6.01. The van der Waals surface area contributed by atoms with Crippen LogP contribution in [0.15, 0.2) is 0 Å². The van der Waals surface area contributed by atoms with Crippen molar-refractivity contribution in [3.63, 3.8) is 0 Å². The monoisotopic (exact) mass is 200 g/mol. The van der Waals surface area contributed by atoms with Crippen LogP contribution in [0.5, 0.6) is 0 Å². The molecule has 0 aromatic heterocycles. The largest absolute Gasteiger partial charge is 0.393 e. The lowest BCUT2D eigenvalue weighted by molar-refractivity contribution is 0.0922. The molecule has 2 atom stereocenters. The fourth-order valence-corrected chi connectivity index (χ4v) is 2.35. The molecule has 2 heteroatoms. The first-order valence-corrected chi connectivity index (χ1v) is 6.01. The second-order valence-corrected chi connectivity index (χ2v) is 4.45. The standard InChI is InChI=1S/C12H24O2/c1-14-10-6-5-8-11-7-3-2-4-9-12(11)13/h11-13H,2-10H2,1H3. The number of methoxy groups -OCH3 is 1. The van der Waals surface area contributed by atoms with E-state index in [-0.39, 0.29) is 6.10 Å². The van der Waals surface area contributed by atoms with Gasteiger partial charge in [0.2, 0.25) is 0 Å². The Labute approximate surface area is 87.7 Å². The van der Waals surface area contributed by atoms with E-state index in [1.165, 1.54) is 38.5 Å². The number of rotatable bonds is 5. The highest BCUT2D eigenvalue weighted by Gasteiger charge is 2.20. The second-order valence-electron chi connectivity index (χ2n) is 4.45. The normalized spacial score (nSPS) is 28.7. The first kappa shape index (κ1) is 12.0. The van der Waals surface area contributed by atoms with E-state index in [2.05, 4.69) is 0 Å². The van der Waals surface area contributed by atoms with Crippen LogP contribution in [-0.4, -0.2) is 24.9 Å². The van der Waals surface area contributed by atoms with Crippen molar-refractivity contribution >= 4 is 0 Å². The molecule has 84 valence electrons. The average molecular weight is 200 g/mol. The molecule has 0 aliphatic heterocycles. The second kappa shape index (κ2) is 7.24. The van der Waals surface area contributed by atoms with Crippen LogP contribution in [-0.2, 0) is 4.74 Å². The van der Waals surface area contributed by atoms with Crippen LogP contribution in [0, 0.1) is 5.92 Å². The first-order chi connectivity index (χ1) is 6.84. The summed E-state index contributed by atoms with van der Waals surface area (Å²) < 4.78 is 5.02. The smallest absolute Gasteiger partial charge is 0.0568 e. The molecule has 0 heterocycles. The third-order valence-corrected chi connectivity index (χ3v) is 3.29. The summed E-state index contributed by atoms with van der Waals surface area (Å²) in [5.41, 5.74) is 0. The minimum Gasteiger partial charge on any atom is -0.393 e. The maximum Gasteiger partial charge on any atom is 0.0568 e. The lowest BCUT2D eigenvalue weighted by Gasteiger charge is -2.19. The molecule has 0 aromatic rings. The van der Waals surface area contributed by atoms with Crippen LogP contribution in [0.25, 0.3) is 0 Å². The summed E-state index contributed by atoms with van der Waals surface area (Å²) in [6.07, 6.45) is 9.59. The van der Waals surface area contributed by atoms with Crippen molar-refractivity contribution in [3.8, 4) is 0 Å². The number of hydrogen-bond acceptors (Lipinski definition) is 2. The summed E-state index contributed by atoms with van der Waals surface area (Å²) in [4.78, 5) is 0. The Morgan fingerprint density at radius 2 is 1.93 bits per heavy atom. The van der Waals surface area contributed by atoms with E-state index < -0.39 is 0 Å². The van der Waals surface area contributed by atoms with Crippen LogP contribution < -0.4 is 0 Å². The summed E-state index contributed by atoms with van der Waals surface area (Å²) in [6, 6.07) is 0. The molecule has 0 amide bonds. The minimum absolute atomic E-state index is 0.0277. The topological polar surface area (TPSA) is 29.5 Å². The van der Waals surface area contributed by atoms with Crippen LogP contribution in [0.2, 0.25) is 0 Å². The molecule has 0 saturated heterocycles. The summed E-state index contributed by atoms with van der Waals surface area (Å²) >= 11 is 0. The highest BCUT2D eigenvalue weighted by molar-refractivity contribution is 4.72. The Balaban J connectivity index is 2.13. The highest BCUT2D eigenvalue weighted by atomic mass is 16.5. The molecule has 0 aromatic carbocycles. The number of hydrogen-bond donors (Lipinski definition) is 1. The van der Waals surface area contributed by atoms with E-state index in [0.717, 1.165) is 19.4 Å². The van der Waals surface area contributed by atoms with Gasteiger partial charge < -0.3 is 9.84 Å². The summed E-state index contributed by atoms with van der Waals surface area (Å²) in [5.74, 6) is 0.564. The minimum atomic E-state index is -0.0277. The van der Waals surface area contributed by atoms with Gasteiger partial charge in [0.05, 0.1) is 6.10 Å². The van der Waals surface area contributed by atoms with Crippen LogP contribution in [0.3, 0.4) is 0 Å². The van der Waals surface area contributed by atoms with Crippen molar-refractivity contribution in [1.29, 1.82) is 0 Å². The zero-order valence-electron chi connectivity index (χ0n) is 9.37. The number of aliphatic hydroxyl groups excluding tert-OH is 1. The molecule has 0 bridgehead atoms. The summed E-state index contributed by atoms with van der Waals surface area (Å²) in [6.45, 7) is 0.864. The van der Waals surface area contributed by atoms with Crippen LogP contribution in [0.1, 0.15) is 51.4 Å². The quantitative estimate of drug-likeness (QED) is 0.546. The molecular formula is C12H24O2. The van der Waals surface area contributed by atoms with Gasteiger partial charge in [0.15, 0.2) is 0 Å². The molecular weight excluding hydrogens is 176 g/mol. The van der Waals surface area contributed by atoms with Gasteiger partial charge >= 0.3 is 0 Å². The van der Waals surface area contributed by atoms with Gasteiger partial charge in [0.1, 0.15) is 0 Å². The van der Waals surface area contributed by atoms with Gasteiger partial charge in [-0.3, -0.25) is 0 Å². The molecule has 1 N–H and O–H groups in total. The average Bonchev–Trinajstić information content (AvgIpc) is 2.39. The zero-order chi connectivity index (χ0) is 10.2. The molecule has 2 nitrogen and oxygen atoms in total. The van der Waals surface area contributed by atoms with Crippen molar-refractivity contribution in [1.82, 2.24) is 0 Å². The fraction of sp³-hybridized carbons (Fsp3) is 1.00. The predicted molar refractivity (Wildman–Crippen MR) is 58.3 cm³/mol. The van der Waals surface area contributed by atoms with E-state index in [0.29, 0.717) is 5.92 Å². The Hall–Kier alpha value is -0.0800. The Bertz CT molecular complexity index is 136. The summed E-state index contributed by atoms with van der Waals surface area (Å²) in [5, 5.41) is 9.87. The number of aliphatic hydroxyl groups is 1. The molecule has 2 unspecified atom stereocenters. The Morgan fingerprint density at radius 1 is 1.14 bits per heavy atom. The SMILES string of the molecule is COCCCCC1CCCCCC1O. The van der Waals surface area contributed by atoms with Gasteiger partial charge in [0, 0.05) is 13.7 Å². The lowest BCUT2D eigenvalue weighted by atomic mass is 9.92. The van der Waals surface area contributed by atoms with E-state index in [4.69, 9.17) is 4.74 Å². The molecule has 1 aliphatic carbocycles. The van der Waals surface area contributed by atoms with Gasteiger partial charge in [-0.2, -0.15) is 0 Å². The van der Waals surface area contributed by atoms with Crippen molar-refractivity contribution < 1.29 is 9.84 Å². The van der Waals surface area contributed by atoms with Crippen LogP contribution >= 0.6 is 0 Å². The van der Waals surface area contributed by atoms with E-state index >= 15 is 0 Å². The van der Waals surface area contributed by atoms with Gasteiger partial charge in [-0.15, -0.1) is 0 Å². The Kier molecular flexibility index (Phi) is 6.20.